The van der Waals surface area contributed by atoms with E-state index in [1.807, 2.05) is 4.90 Å². The molecule has 0 spiro atoms. The second-order valence-corrected chi connectivity index (χ2v) is 4.52. The maximum absolute atomic E-state index is 11.8. The second-order valence-electron chi connectivity index (χ2n) is 4.52. The van der Waals surface area contributed by atoms with E-state index in [9.17, 15) is 4.79 Å². The van der Waals surface area contributed by atoms with Crippen molar-refractivity contribution < 1.29 is 9.90 Å². The monoisotopic (exact) mass is 198 g/mol. The number of hydrogen-bond donors (Lipinski definition) is 2. The molecule has 2 rings (SSSR count). The summed E-state index contributed by atoms with van der Waals surface area (Å²) < 4.78 is 0. The lowest BCUT2D eigenvalue weighted by atomic mass is 10.00. The fraction of sp³-hybridized carbons (Fsp3) is 0.900. The average Bonchev–Trinajstić information content (AvgIpc) is 2.43. The van der Waals surface area contributed by atoms with Crippen molar-refractivity contribution in [3.8, 4) is 0 Å². The zero-order valence-corrected chi connectivity index (χ0v) is 8.57. The van der Waals surface area contributed by atoms with Gasteiger partial charge in [-0.25, -0.2) is 0 Å². The predicted molar refractivity (Wildman–Crippen MR) is 52.7 cm³/mol. The van der Waals surface area contributed by atoms with Crippen LogP contribution in [0.15, 0.2) is 0 Å². The van der Waals surface area contributed by atoms with Crippen LogP contribution in [0, 0.1) is 17.8 Å². The summed E-state index contributed by atoms with van der Waals surface area (Å²) in [7, 11) is 0. The van der Waals surface area contributed by atoms with E-state index in [4.69, 9.17) is 5.11 Å². The van der Waals surface area contributed by atoms with Crippen molar-refractivity contribution in [3.63, 3.8) is 0 Å². The Balaban J connectivity index is 1.90. The Labute approximate surface area is 84.3 Å². The normalized spacial score (nSPS) is 33.1. The van der Waals surface area contributed by atoms with Crippen molar-refractivity contribution in [2.45, 2.75) is 6.92 Å². The molecule has 0 aliphatic carbocycles. The molecule has 4 nitrogen and oxygen atoms in total. The van der Waals surface area contributed by atoms with Crippen LogP contribution in [0.4, 0.5) is 0 Å². The molecule has 0 unspecified atom stereocenters. The number of carbonyl (C=O) groups excluding carboxylic acids is 1. The van der Waals surface area contributed by atoms with Crippen LogP contribution in [0.3, 0.4) is 0 Å². The van der Waals surface area contributed by atoms with Crippen LogP contribution in [-0.4, -0.2) is 48.7 Å². The minimum atomic E-state index is 0.194. The molecule has 0 aromatic carbocycles. The predicted octanol–water partition coefficient (Wildman–Crippen LogP) is -0.707. The van der Waals surface area contributed by atoms with E-state index in [1.54, 1.807) is 0 Å². The van der Waals surface area contributed by atoms with Gasteiger partial charge < -0.3 is 15.3 Å². The van der Waals surface area contributed by atoms with Crippen molar-refractivity contribution in [1.29, 1.82) is 0 Å². The third kappa shape index (κ3) is 1.64. The number of aliphatic hydroxyl groups is 1. The van der Waals surface area contributed by atoms with Crippen LogP contribution < -0.4 is 5.32 Å². The molecule has 0 bridgehead atoms. The zero-order chi connectivity index (χ0) is 10.1. The van der Waals surface area contributed by atoms with Crippen molar-refractivity contribution in [2.24, 2.45) is 17.8 Å². The van der Waals surface area contributed by atoms with E-state index < -0.39 is 0 Å². The maximum Gasteiger partial charge on any atom is 0.228 e. The highest BCUT2D eigenvalue weighted by Crippen LogP contribution is 2.24. The molecule has 0 saturated carbocycles. The van der Waals surface area contributed by atoms with E-state index >= 15 is 0 Å². The van der Waals surface area contributed by atoms with Crippen LogP contribution in [0.25, 0.3) is 0 Å². The van der Waals surface area contributed by atoms with Gasteiger partial charge >= 0.3 is 0 Å². The summed E-state index contributed by atoms with van der Waals surface area (Å²) in [4.78, 5) is 13.8. The standard InChI is InChI=1S/C10H18N2O2/c1-7-4-12(5-9(7)6-13)10(14)8-2-11-3-8/h7-9,11,13H,2-6H2,1H3/t7-,9+/m0/s1. The van der Waals surface area contributed by atoms with Crippen molar-refractivity contribution in [3.05, 3.63) is 0 Å². The van der Waals surface area contributed by atoms with E-state index in [0.717, 1.165) is 26.2 Å². The minimum Gasteiger partial charge on any atom is -0.396 e. The van der Waals surface area contributed by atoms with Crippen LogP contribution in [0.2, 0.25) is 0 Å². The topological polar surface area (TPSA) is 52.6 Å². The molecule has 2 heterocycles. The molecule has 4 heteroatoms. The molecule has 80 valence electrons. The van der Waals surface area contributed by atoms with Gasteiger partial charge in [0.25, 0.3) is 0 Å². The van der Waals surface area contributed by atoms with E-state index in [-0.39, 0.29) is 24.3 Å². The van der Waals surface area contributed by atoms with E-state index in [2.05, 4.69) is 12.2 Å². The highest BCUT2D eigenvalue weighted by molar-refractivity contribution is 5.80. The molecule has 2 N–H and O–H groups in total. The molecule has 2 atom stereocenters. The third-order valence-corrected chi connectivity index (χ3v) is 3.44. The fourth-order valence-electron chi connectivity index (χ4n) is 2.17. The maximum atomic E-state index is 11.8. The highest BCUT2D eigenvalue weighted by Gasteiger charge is 2.36. The molecule has 2 aliphatic heterocycles. The summed E-state index contributed by atoms with van der Waals surface area (Å²) in [5, 5.41) is 12.2. The van der Waals surface area contributed by atoms with Crippen molar-refractivity contribution >= 4 is 5.91 Å². The van der Waals surface area contributed by atoms with Gasteiger partial charge in [0.1, 0.15) is 0 Å². The first kappa shape index (κ1) is 9.93. The number of nitrogens with zero attached hydrogens (tertiary/aromatic N) is 1. The number of rotatable bonds is 2. The summed E-state index contributed by atoms with van der Waals surface area (Å²) in [5.74, 6) is 1.19. The zero-order valence-electron chi connectivity index (χ0n) is 8.57. The summed E-state index contributed by atoms with van der Waals surface area (Å²) >= 11 is 0. The van der Waals surface area contributed by atoms with E-state index in [1.165, 1.54) is 0 Å². The third-order valence-electron chi connectivity index (χ3n) is 3.44. The number of aliphatic hydroxyl groups excluding tert-OH is 1. The summed E-state index contributed by atoms with van der Waals surface area (Å²) in [6.07, 6.45) is 0. The van der Waals surface area contributed by atoms with Crippen LogP contribution >= 0.6 is 0 Å². The molecule has 2 aliphatic rings. The summed E-state index contributed by atoms with van der Waals surface area (Å²) in [5.41, 5.74) is 0. The Morgan fingerprint density at radius 1 is 1.50 bits per heavy atom. The highest BCUT2D eigenvalue weighted by atomic mass is 16.3. The quantitative estimate of drug-likeness (QED) is 0.616. The first-order valence-corrected chi connectivity index (χ1v) is 5.32. The molecular formula is C10H18N2O2. The first-order valence-electron chi connectivity index (χ1n) is 5.32. The van der Waals surface area contributed by atoms with E-state index in [0.29, 0.717) is 5.92 Å². The van der Waals surface area contributed by atoms with Gasteiger partial charge in [-0.15, -0.1) is 0 Å². The lowest BCUT2D eigenvalue weighted by molar-refractivity contribution is -0.136. The molecule has 0 aromatic rings. The largest absolute Gasteiger partial charge is 0.396 e. The van der Waals surface area contributed by atoms with Crippen molar-refractivity contribution in [2.75, 3.05) is 32.8 Å². The lowest BCUT2D eigenvalue weighted by Gasteiger charge is -2.30. The number of hydrogen-bond acceptors (Lipinski definition) is 3. The molecular weight excluding hydrogens is 180 g/mol. The van der Waals surface area contributed by atoms with Gasteiger partial charge in [-0.1, -0.05) is 6.92 Å². The van der Waals surface area contributed by atoms with Crippen LogP contribution in [0.5, 0.6) is 0 Å². The van der Waals surface area contributed by atoms with Gasteiger partial charge in [0, 0.05) is 38.7 Å². The van der Waals surface area contributed by atoms with Gasteiger partial charge in [-0.2, -0.15) is 0 Å². The average molecular weight is 198 g/mol. The molecule has 14 heavy (non-hydrogen) atoms. The minimum absolute atomic E-state index is 0.194. The van der Waals surface area contributed by atoms with Gasteiger partial charge in [-0.05, 0) is 5.92 Å². The van der Waals surface area contributed by atoms with Gasteiger partial charge in [0.15, 0.2) is 0 Å². The second kappa shape index (κ2) is 3.87. The Morgan fingerprint density at radius 3 is 2.64 bits per heavy atom. The Hall–Kier alpha value is -0.610. The van der Waals surface area contributed by atoms with Crippen molar-refractivity contribution in [1.82, 2.24) is 10.2 Å². The number of carbonyl (C=O) groups is 1. The number of amides is 1. The number of likely N-dealkylation sites (tertiary alicyclic amines) is 1. The Bertz CT molecular complexity index is 228. The molecule has 0 aromatic heterocycles. The van der Waals surface area contributed by atoms with Crippen LogP contribution in [0.1, 0.15) is 6.92 Å². The SMILES string of the molecule is C[C@H]1CN(C(=O)C2CNC2)C[C@@H]1CO. The summed E-state index contributed by atoms with van der Waals surface area (Å²) in [6.45, 7) is 5.52. The van der Waals surface area contributed by atoms with Gasteiger partial charge in [0.05, 0.1) is 5.92 Å². The number of nitrogens with one attached hydrogen (secondary N) is 1. The lowest BCUT2D eigenvalue weighted by Crippen LogP contribution is -2.51. The molecule has 1 amide bonds. The fourth-order valence-corrected chi connectivity index (χ4v) is 2.17. The first-order chi connectivity index (χ1) is 6.72. The smallest absolute Gasteiger partial charge is 0.228 e. The van der Waals surface area contributed by atoms with Crippen LogP contribution in [-0.2, 0) is 4.79 Å². The molecule has 0 radical (unpaired) electrons. The Kier molecular flexibility index (Phi) is 2.74. The molecule has 2 saturated heterocycles. The van der Waals surface area contributed by atoms with Gasteiger partial charge in [-0.3, -0.25) is 4.79 Å². The van der Waals surface area contributed by atoms with Gasteiger partial charge in [0.2, 0.25) is 5.91 Å². The Morgan fingerprint density at radius 2 is 2.21 bits per heavy atom. The summed E-state index contributed by atoms with van der Waals surface area (Å²) in [6, 6.07) is 0. The molecule has 2 fully saturated rings.